The molecule has 5 nitrogen and oxygen atoms in total. The van der Waals surface area contributed by atoms with E-state index in [1.54, 1.807) is 0 Å². The predicted molar refractivity (Wildman–Crippen MR) is 96.3 cm³/mol. The van der Waals surface area contributed by atoms with E-state index in [4.69, 9.17) is 23.2 Å². The average Bonchev–Trinajstić information content (AvgIpc) is 3.20. The van der Waals surface area contributed by atoms with Gasteiger partial charge in [0.05, 0.1) is 9.36 Å². The van der Waals surface area contributed by atoms with Crippen LogP contribution in [0.4, 0.5) is 10.1 Å². The number of rotatable bonds is 4. The van der Waals surface area contributed by atoms with E-state index in [-0.39, 0.29) is 15.8 Å². The van der Waals surface area contributed by atoms with Gasteiger partial charge in [-0.05, 0) is 43.2 Å². The van der Waals surface area contributed by atoms with Gasteiger partial charge < -0.3 is 5.32 Å². The monoisotopic (exact) mass is 422 g/mol. The SMILES string of the molecule is O=C(Nc1ccc(F)c(Cl)c1)C1CCCN1S(=O)(=O)c1ccc(Cl)s1. The molecule has 0 radical (unpaired) electrons. The third-order valence-electron chi connectivity index (χ3n) is 3.80. The van der Waals surface area contributed by atoms with Crippen molar-refractivity contribution in [3.63, 3.8) is 0 Å². The molecule has 0 bridgehead atoms. The third kappa shape index (κ3) is 3.83. The Bertz CT molecular complexity index is 917. The zero-order valence-electron chi connectivity index (χ0n) is 12.7. The molecule has 2 aromatic rings. The Hall–Kier alpha value is -1.19. The van der Waals surface area contributed by atoms with E-state index in [1.165, 1.54) is 28.6 Å². The van der Waals surface area contributed by atoms with Crippen molar-refractivity contribution in [2.24, 2.45) is 0 Å². The summed E-state index contributed by atoms with van der Waals surface area (Å²) in [6, 6.07) is 5.87. The van der Waals surface area contributed by atoms with Gasteiger partial charge in [-0.25, -0.2) is 12.8 Å². The Kier molecular flexibility index (Phi) is 5.36. The Labute approximate surface area is 158 Å². The number of hydrogen-bond acceptors (Lipinski definition) is 4. The van der Waals surface area contributed by atoms with Crippen LogP contribution in [0.2, 0.25) is 9.36 Å². The van der Waals surface area contributed by atoms with Crippen LogP contribution >= 0.6 is 34.5 Å². The van der Waals surface area contributed by atoms with Crippen molar-refractivity contribution in [1.82, 2.24) is 4.31 Å². The molecule has 3 rings (SSSR count). The molecule has 25 heavy (non-hydrogen) atoms. The van der Waals surface area contributed by atoms with Gasteiger partial charge in [0.15, 0.2) is 0 Å². The number of benzene rings is 1. The summed E-state index contributed by atoms with van der Waals surface area (Å²) < 4.78 is 40.3. The van der Waals surface area contributed by atoms with Gasteiger partial charge in [0, 0.05) is 12.2 Å². The Balaban J connectivity index is 1.81. The quantitative estimate of drug-likeness (QED) is 0.809. The van der Waals surface area contributed by atoms with Crippen molar-refractivity contribution in [2.75, 3.05) is 11.9 Å². The van der Waals surface area contributed by atoms with Crippen molar-refractivity contribution >= 4 is 56.2 Å². The van der Waals surface area contributed by atoms with Gasteiger partial charge in [-0.15, -0.1) is 11.3 Å². The first-order valence-electron chi connectivity index (χ1n) is 7.32. The highest BCUT2D eigenvalue weighted by molar-refractivity contribution is 7.91. The summed E-state index contributed by atoms with van der Waals surface area (Å²) in [4.78, 5) is 12.5. The number of amides is 1. The number of thiophene rings is 1. The number of carbonyl (C=O) groups is 1. The number of carbonyl (C=O) groups excluding carboxylic acids is 1. The normalized spacial score (nSPS) is 18.4. The molecule has 2 heterocycles. The second kappa shape index (κ2) is 7.20. The minimum absolute atomic E-state index is 0.0991. The van der Waals surface area contributed by atoms with Crippen LogP contribution in [0.15, 0.2) is 34.5 Å². The van der Waals surface area contributed by atoms with E-state index in [9.17, 15) is 17.6 Å². The second-order valence-corrected chi connectivity index (χ2v) is 9.69. The number of anilines is 1. The summed E-state index contributed by atoms with van der Waals surface area (Å²) in [5, 5.41) is 2.47. The van der Waals surface area contributed by atoms with Crippen LogP contribution in [-0.2, 0) is 14.8 Å². The lowest BCUT2D eigenvalue weighted by Gasteiger charge is -2.22. The van der Waals surface area contributed by atoms with E-state index in [0.29, 0.717) is 22.9 Å². The minimum Gasteiger partial charge on any atom is -0.325 e. The molecule has 1 aromatic carbocycles. The Morgan fingerprint density at radius 3 is 2.68 bits per heavy atom. The summed E-state index contributed by atoms with van der Waals surface area (Å²) in [7, 11) is -3.80. The molecule has 0 saturated carbocycles. The third-order valence-corrected chi connectivity index (χ3v) is 7.70. The highest BCUT2D eigenvalue weighted by Gasteiger charge is 2.40. The molecule has 1 aromatic heterocycles. The average molecular weight is 423 g/mol. The number of nitrogens with one attached hydrogen (secondary N) is 1. The smallest absolute Gasteiger partial charge is 0.253 e. The van der Waals surface area contributed by atoms with Crippen LogP contribution in [-0.4, -0.2) is 31.2 Å². The van der Waals surface area contributed by atoms with Crippen LogP contribution in [0, 0.1) is 5.82 Å². The van der Waals surface area contributed by atoms with Gasteiger partial charge in [-0.1, -0.05) is 23.2 Å². The molecular weight excluding hydrogens is 410 g/mol. The van der Waals surface area contributed by atoms with E-state index >= 15 is 0 Å². The maximum Gasteiger partial charge on any atom is 0.253 e. The van der Waals surface area contributed by atoms with Crippen LogP contribution in [0.25, 0.3) is 0 Å². The van der Waals surface area contributed by atoms with Gasteiger partial charge in [0.1, 0.15) is 16.1 Å². The zero-order valence-corrected chi connectivity index (χ0v) is 15.9. The van der Waals surface area contributed by atoms with Crippen LogP contribution in [0.3, 0.4) is 0 Å². The molecule has 1 N–H and O–H groups in total. The summed E-state index contributed by atoms with van der Waals surface area (Å²) in [5.41, 5.74) is 0.305. The number of nitrogens with zero attached hydrogens (tertiary/aromatic N) is 1. The molecule has 1 fully saturated rings. The maximum absolute atomic E-state index is 13.2. The minimum atomic E-state index is -3.80. The van der Waals surface area contributed by atoms with Crippen molar-refractivity contribution in [1.29, 1.82) is 0 Å². The summed E-state index contributed by atoms with van der Waals surface area (Å²) in [5.74, 6) is -1.08. The Morgan fingerprint density at radius 1 is 1.28 bits per heavy atom. The van der Waals surface area contributed by atoms with Gasteiger partial charge >= 0.3 is 0 Å². The molecule has 1 amide bonds. The first-order chi connectivity index (χ1) is 11.8. The molecule has 1 atom stereocenters. The van der Waals surface area contributed by atoms with Crippen molar-refractivity contribution in [2.45, 2.75) is 23.1 Å². The first kappa shape index (κ1) is 18.6. The molecule has 1 saturated heterocycles. The van der Waals surface area contributed by atoms with E-state index < -0.39 is 27.8 Å². The van der Waals surface area contributed by atoms with E-state index in [1.807, 2.05) is 0 Å². The van der Waals surface area contributed by atoms with Gasteiger partial charge in [0.2, 0.25) is 5.91 Å². The summed E-state index contributed by atoms with van der Waals surface area (Å²) in [6.07, 6.45) is 0.972. The van der Waals surface area contributed by atoms with Crippen LogP contribution in [0.1, 0.15) is 12.8 Å². The number of hydrogen-bond donors (Lipinski definition) is 1. The molecule has 1 unspecified atom stereocenters. The molecule has 0 spiro atoms. The topological polar surface area (TPSA) is 66.5 Å². The first-order valence-corrected chi connectivity index (χ1v) is 10.3. The molecule has 1 aliphatic rings. The molecule has 0 aliphatic carbocycles. The van der Waals surface area contributed by atoms with Gasteiger partial charge in [0.25, 0.3) is 10.0 Å². The van der Waals surface area contributed by atoms with Crippen LogP contribution < -0.4 is 5.32 Å². The number of sulfonamides is 1. The van der Waals surface area contributed by atoms with Crippen LogP contribution in [0.5, 0.6) is 0 Å². The van der Waals surface area contributed by atoms with Gasteiger partial charge in [-0.3, -0.25) is 4.79 Å². The molecule has 1 aliphatic heterocycles. The fourth-order valence-electron chi connectivity index (χ4n) is 2.64. The molecule has 10 heteroatoms. The van der Waals surface area contributed by atoms with E-state index in [2.05, 4.69) is 5.32 Å². The van der Waals surface area contributed by atoms with Gasteiger partial charge in [-0.2, -0.15) is 4.31 Å². The lowest BCUT2D eigenvalue weighted by atomic mass is 10.2. The molecule has 134 valence electrons. The standard InChI is InChI=1S/C15H13Cl2FN2O3S2/c16-10-8-9(3-4-11(10)18)19-15(21)12-2-1-7-20(12)25(22,23)14-6-5-13(17)24-14/h3-6,8,12H,1-2,7H2,(H,19,21). The van der Waals surface area contributed by atoms with E-state index in [0.717, 1.165) is 17.4 Å². The van der Waals surface area contributed by atoms with Crippen molar-refractivity contribution < 1.29 is 17.6 Å². The lowest BCUT2D eigenvalue weighted by molar-refractivity contribution is -0.119. The highest BCUT2D eigenvalue weighted by Crippen LogP contribution is 2.32. The van der Waals surface area contributed by atoms with Crippen molar-refractivity contribution in [3.8, 4) is 0 Å². The zero-order chi connectivity index (χ0) is 18.2. The lowest BCUT2D eigenvalue weighted by Crippen LogP contribution is -2.42. The predicted octanol–water partition coefficient (Wildman–Crippen LogP) is 3.99. The Morgan fingerprint density at radius 2 is 2.04 bits per heavy atom. The summed E-state index contributed by atoms with van der Waals surface area (Å²) in [6.45, 7) is 0.250. The highest BCUT2D eigenvalue weighted by atomic mass is 35.5. The maximum atomic E-state index is 13.2. The second-order valence-electron chi connectivity index (χ2n) is 5.45. The fraction of sp³-hybridized carbons (Fsp3) is 0.267. The summed E-state index contributed by atoms with van der Waals surface area (Å²) >= 11 is 12.5. The number of halogens is 3. The van der Waals surface area contributed by atoms with Crippen molar-refractivity contribution in [3.05, 3.63) is 45.5 Å². The molecular formula is C15H13Cl2FN2O3S2. The fourth-order valence-corrected chi connectivity index (χ4v) is 6.09. The largest absolute Gasteiger partial charge is 0.325 e.